The summed E-state index contributed by atoms with van der Waals surface area (Å²) in [5.74, 6) is 1.96. The van der Waals surface area contributed by atoms with Crippen molar-refractivity contribution in [1.29, 1.82) is 0 Å². The molecule has 3 heteroatoms. The van der Waals surface area contributed by atoms with E-state index in [9.17, 15) is 0 Å². The van der Waals surface area contributed by atoms with Crippen LogP contribution in [0.5, 0.6) is 0 Å². The van der Waals surface area contributed by atoms with E-state index in [1.807, 2.05) is 17.6 Å². The molecule has 0 aliphatic carbocycles. The Morgan fingerprint density at radius 3 is 2.14 bits per heavy atom. The Balaban J connectivity index is 3.58. The van der Waals surface area contributed by atoms with Gasteiger partial charge in [0.1, 0.15) is 0 Å². The molecular formula is C4H10B2S. The molecule has 0 N–H and O–H groups in total. The van der Waals surface area contributed by atoms with Crippen molar-refractivity contribution in [3.63, 3.8) is 0 Å². The molecule has 0 amide bonds. The second kappa shape index (κ2) is 2.61. The molecule has 0 nitrogen and oxygen atoms in total. The zero-order valence-electron chi connectivity index (χ0n) is 5.19. The summed E-state index contributed by atoms with van der Waals surface area (Å²) in [5.41, 5.74) is 0. The molecule has 0 saturated heterocycles. The van der Waals surface area contributed by atoms with Gasteiger partial charge < -0.3 is 0 Å². The Kier molecular flexibility index (Phi) is 2.74. The summed E-state index contributed by atoms with van der Waals surface area (Å²) in [6, 6.07) is 0. The monoisotopic (exact) mass is 112 g/mol. The molecule has 0 spiro atoms. The molecular weight excluding hydrogens is 102 g/mol. The van der Waals surface area contributed by atoms with E-state index in [2.05, 4.69) is 28.5 Å². The van der Waals surface area contributed by atoms with Gasteiger partial charge in [-0.25, -0.2) is 0 Å². The molecule has 0 unspecified atom stereocenters. The first kappa shape index (κ1) is 7.35. The zero-order valence-corrected chi connectivity index (χ0v) is 6.01. The molecule has 7 heavy (non-hydrogen) atoms. The van der Waals surface area contributed by atoms with Gasteiger partial charge in [-0.1, -0.05) is 0 Å². The van der Waals surface area contributed by atoms with Gasteiger partial charge in [0.15, 0.2) is 0 Å². The molecule has 0 aromatic rings. The Bertz CT molecular complexity index is 70.1. The van der Waals surface area contributed by atoms with Gasteiger partial charge >= 0.3 is 50.8 Å². The average Bonchev–Trinajstić information content (AvgIpc) is 1.68. The number of rotatable bonds is 2. The van der Waals surface area contributed by atoms with E-state index >= 15 is 0 Å². The van der Waals surface area contributed by atoms with E-state index in [4.69, 9.17) is 0 Å². The van der Waals surface area contributed by atoms with E-state index in [0.29, 0.717) is 0 Å². The third-order valence-corrected chi connectivity index (χ3v) is 2.24. The first-order chi connectivity index (χ1) is 3.12. The van der Waals surface area contributed by atoms with Crippen molar-refractivity contribution >= 4 is 32.2 Å². The molecule has 0 fully saturated rings. The van der Waals surface area contributed by atoms with Gasteiger partial charge in [-0.2, -0.15) is 0 Å². The van der Waals surface area contributed by atoms with Gasteiger partial charge in [-0.3, -0.25) is 0 Å². The van der Waals surface area contributed by atoms with Crippen LogP contribution in [-0.4, -0.2) is 25.3 Å². The van der Waals surface area contributed by atoms with Crippen LogP contribution in [0.1, 0.15) is 13.8 Å². The molecule has 0 aliphatic rings. The Labute approximate surface area is 51.4 Å². The first-order valence-corrected chi connectivity index (χ1v) is 3.53. The van der Waals surface area contributed by atoms with Crippen LogP contribution >= 0.6 is 11.6 Å². The van der Waals surface area contributed by atoms with Gasteiger partial charge in [0.05, 0.1) is 0 Å². The van der Waals surface area contributed by atoms with Gasteiger partial charge in [-0.05, 0) is 0 Å². The van der Waals surface area contributed by atoms with Crippen LogP contribution in [-0.2, 0) is 0 Å². The summed E-state index contributed by atoms with van der Waals surface area (Å²) in [5, 5.41) is 0. The second-order valence-electron chi connectivity index (χ2n) is 2.01. The molecule has 0 saturated carbocycles. The molecule has 0 aliphatic heterocycles. The van der Waals surface area contributed by atoms with Crippen LogP contribution in [0.4, 0.5) is 0 Å². The van der Waals surface area contributed by atoms with Crippen molar-refractivity contribution in [3.8, 4) is 0 Å². The van der Waals surface area contributed by atoms with E-state index in [0.717, 1.165) is 0 Å². The summed E-state index contributed by atoms with van der Waals surface area (Å²) in [6.07, 6.45) is 0. The third kappa shape index (κ3) is 2.98. The third-order valence-electron chi connectivity index (χ3n) is 1.02. The van der Waals surface area contributed by atoms with Gasteiger partial charge in [-0.15, -0.1) is 0 Å². The Morgan fingerprint density at radius 1 is 1.71 bits per heavy atom. The van der Waals surface area contributed by atoms with Crippen LogP contribution in [0.3, 0.4) is 0 Å². The normalized spacial score (nSPS) is 11.0. The topological polar surface area (TPSA) is 0 Å². The van der Waals surface area contributed by atoms with Crippen LogP contribution in [0.25, 0.3) is 0 Å². The molecule has 0 aromatic heterocycles. The van der Waals surface area contributed by atoms with E-state index in [-0.39, 0.29) is 4.75 Å². The van der Waals surface area contributed by atoms with Gasteiger partial charge in [0, 0.05) is 0 Å². The summed E-state index contributed by atoms with van der Waals surface area (Å²) in [4.78, 5) is 0. The van der Waals surface area contributed by atoms with Gasteiger partial charge in [0.25, 0.3) is 0 Å². The van der Waals surface area contributed by atoms with E-state index < -0.39 is 0 Å². The average molecular weight is 112 g/mol. The molecule has 0 heterocycles. The molecule has 0 radical (unpaired) electrons. The van der Waals surface area contributed by atoms with Crippen molar-refractivity contribution < 1.29 is 0 Å². The number of hydrogen-bond acceptors (Lipinski definition) is 1. The first-order valence-electron chi connectivity index (χ1n) is 2.31. The molecule has 38 valence electrons. The zero-order chi connectivity index (χ0) is 5.91. The van der Waals surface area contributed by atoms with E-state index in [1.54, 1.807) is 0 Å². The second-order valence-corrected chi connectivity index (χ2v) is 3.47. The van der Waals surface area contributed by atoms with Gasteiger partial charge in [0.2, 0.25) is 0 Å². The van der Waals surface area contributed by atoms with Crippen LogP contribution in [0.2, 0.25) is 0 Å². The minimum atomic E-state index is 0.264. The fourth-order valence-corrected chi connectivity index (χ4v) is 0.250. The van der Waals surface area contributed by atoms with Crippen LogP contribution < -0.4 is 0 Å². The fourth-order valence-electron chi connectivity index (χ4n) is 0.0833. The van der Waals surface area contributed by atoms with Crippen molar-refractivity contribution in [2.75, 3.05) is 0 Å². The molecule has 0 aromatic carbocycles. The standard InChI is InChI=1S/C4H10B2S/c1-4(2,3-5)7-6/h3,5H,6H2,1-2H3. The fraction of sp³-hybridized carbons (Fsp3) is 0.750. The Hall–Kier alpha value is 0.350. The Morgan fingerprint density at radius 2 is 2.14 bits per heavy atom. The molecule has 0 atom stereocenters. The molecule has 0 bridgehead atoms. The predicted molar refractivity (Wildman–Crippen MR) is 43.4 cm³/mol. The van der Waals surface area contributed by atoms with Crippen LogP contribution in [0, 0.1) is 0 Å². The summed E-state index contributed by atoms with van der Waals surface area (Å²) in [6.45, 7) is 4.29. The van der Waals surface area contributed by atoms with E-state index in [1.165, 1.54) is 0 Å². The van der Waals surface area contributed by atoms with Crippen molar-refractivity contribution in [2.24, 2.45) is 0 Å². The molecule has 0 rings (SSSR count). The quantitative estimate of drug-likeness (QED) is 0.443. The predicted octanol–water partition coefficient (Wildman–Crippen LogP) is -0.251. The van der Waals surface area contributed by atoms with Crippen LogP contribution in [0.15, 0.2) is 0 Å². The minimum absolute atomic E-state index is 0.264. The summed E-state index contributed by atoms with van der Waals surface area (Å²) in [7, 11) is 5.77. The van der Waals surface area contributed by atoms with Crippen molar-refractivity contribution in [3.05, 3.63) is 0 Å². The maximum atomic E-state index is 3.68. The SMILES string of the molecule is B=CC(C)(C)SB. The number of hydrogen-bond donors (Lipinski definition) is 0. The van der Waals surface area contributed by atoms with Crippen molar-refractivity contribution in [1.82, 2.24) is 0 Å². The summed E-state index contributed by atoms with van der Waals surface area (Å²) >= 11 is 1.81. The maximum absolute atomic E-state index is 3.68. The summed E-state index contributed by atoms with van der Waals surface area (Å²) < 4.78 is 0.264. The van der Waals surface area contributed by atoms with Crippen molar-refractivity contribution in [2.45, 2.75) is 18.6 Å².